The van der Waals surface area contributed by atoms with Gasteiger partial charge in [0.15, 0.2) is 5.78 Å². The summed E-state index contributed by atoms with van der Waals surface area (Å²) in [5, 5.41) is 0.848. The van der Waals surface area contributed by atoms with Gasteiger partial charge in [0, 0.05) is 26.5 Å². The summed E-state index contributed by atoms with van der Waals surface area (Å²) in [5.41, 5.74) is 0.701. The van der Waals surface area contributed by atoms with Crippen molar-refractivity contribution in [2.24, 2.45) is 0 Å². The van der Waals surface area contributed by atoms with Crippen molar-refractivity contribution in [3.05, 3.63) is 67.9 Å². The van der Waals surface area contributed by atoms with Crippen molar-refractivity contribution in [2.45, 2.75) is 6.42 Å². The zero-order valence-electron chi connectivity index (χ0n) is 9.59. The Kier molecular flexibility index (Phi) is 4.61. The molecule has 0 radical (unpaired) electrons. The Morgan fingerprint density at radius 2 is 1.84 bits per heavy atom. The molecule has 0 heterocycles. The normalized spacial score (nSPS) is 10.5. The van der Waals surface area contributed by atoms with E-state index in [2.05, 4.69) is 15.9 Å². The molecule has 0 atom stereocenters. The van der Waals surface area contributed by atoms with Crippen LogP contribution in [-0.4, -0.2) is 5.78 Å². The predicted molar refractivity (Wildman–Crippen MR) is 78.6 cm³/mol. The van der Waals surface area contributed by atoms with E-state index in [4.69, 9.17) is 23.2 Å². The molecule has 0 saturated heterocycles. The smallest absolute Gasteiger partial charge is 0.167 e. The highest BCUT2D eigenvalue weighted by Gasteiger charge is 2.12. The summed E-state index contributed by atoms with van der Waals surface area (Å²) in [5.74, 6) is -0.664. The first-order valence-electron chi connectivity index (χ1n) is 5.39. The molecule has 0 N–H and O–H groups in total. The molecule has 2 aromatic carbocycles. The van der Waals surface area contributed by atoms with Crippen LogP contribution in [0.25, 0.3) is 0 Å². The minimum atomic E-state index is -0.446. The lowest BCUT2D eigenvalue weighted by atomic mass is 10.0. The van der Waals surface area contributed by atoms with Gasteiger partial charge in [0.25, 0.3) is 0 Å². The van der Waals surface area contributed by atoms with Gasteiger partial charge in [-0.2, -0.15) is 0 Å². The van der Waals surface area contributed by atoms with Crippen LogP contribution >= 0.6 is 39.1 Å². The predicted octanol–water partition coefficient (Wildman–Crippen LogP) is 5.32. The number of carbonyl (C=O) groups is 1. The van der Waals surface area contributed by atoms with Gasteiger partial charge in [-0.15, -0.1) is 0 Å². The molecule has 0 fully saturated rings. The Hall–Kier alpha value is -0.900. The number of Topliss-reactive ketones (excluding diaryl/α,β-unsaturated/α-hetero) is 1. The summed E-state index contributed by atoms with van der Waals surface area (Å²) in [6.45, 7) is 0. The van der Waals surface area contributed by atoms with Gasteiger partial charge in [0.1, 0.15) is 5.82 Å². The van der Waals surface area contributed by atoms with Gasteiger partial charge in [0.05, 0.1) is 0 Å². The molecule has 2 aromatic rings. The molecule has 5 heteroatoms. The summed E-state index contributed by atoms with van der Waals surface area (Å²) < 4.78 is 14.3. The van der Waals surface area contributed by atoms with Crippen molar-refractivity contribution in [3.8, 4) is 0 Å². The second-order valence-electron chi connectivity index (χ2n) is 3.99. The number of halogens is 4. The largest absolute Gasteiger partial charge is 0.294 e. The highest BCUT2D eigenvalue weighted by molar-refractivity contribution is 9.10. The fourth-order valence-corrected chi connectivity index (χ4v) is 2.72. The van der Waals surface area contributed by atoms with Crippen molar-refractivity contribution in [3.63, 3.8) is 0 Å². The van der Waals surface area contributed by atoms with Crippen molar-refractivity contribution >= 4 is 44.9 Å². The van der Waals surface area contributed by atoms with Crippen molar-refractivity contribution in [1.82, 2.24) is 0 Å². The van der Waals surface area contributed by atoms with Gasteiger partial charge in [-0.05, 0) is 42.0 Å². The number of hydrogen-bond donors (Lipinski definition) is 0. The molecule has 0 aliphatic carbocycles. The standard InChI is InChI=1S/C14H8BrCl2FO/c15-10-3-9(5-12(17)7-10)14(19)6-8-4-11(16)1-2-13(8)18/h1-5,7H,6H2. The molecule has 2 rings (SSSR count). The molecule has 0 unspecified atom stereocenters. The summed E-state index contributed by atoms with van der Waals surface area (Å²) in [6, 6.07) is 9.03. The van der Waals surface area contributed by atoms with Crippen LogP contribution in [0.1, 0.15) is 15.9 Å². The summed E-state index contributed by atoms with van der Waals surface area (Å²) in [4.78, 5) is 12.1. The fourth-order valence-electron chi connectivity index (χ4n) is 1.67. The second-order valence-corrected chi connectivity index (χ2v) is 5.78. The zero-order valence-corrected chi connectivity index (χ0v) is 12.7. The monoisotopic (exact) mass is 360 g/mol. The highest BCUT2D eigenvalue weighted by atomic mass is 79.9. The maximum Gasteiger partial charge on any atom is 0.167 e. The van der Waals surface area contributed by atoms with E-state index < -0.39 is 5.82 Å². The average molecular weight is 362 g/mol. The molecule has 0 spiro atoms. The van der Waals surface area contributed by atoms with Crippen LogP contribution in [0.15, 0.2) is 40.9 Å². The molecule has 0 aliphatic heterocycles. The third-order valence-corrected chi connectivity index (χ3v) is 3.45. The number of rotatable bonds is 3. The summed E-state index contributed by atoms with van der Waals surface area (Å²) in [7, 11) is 0. The van der Waals surface area contributed by atoms with Gasteiger partial charge >= 0.3 is 0 Å². The highest BCUT2D eigenvalue weighted by Crippen LogP contribution is 2.22. The number of hydrogen-bond acceptors (Lipinski definition) is 1. The lowest BCUT2D eigenvalue weighted by molar-refractivity contribution is 0.0992. The first kappa shape index (κ1) is 14.5. The molecule has 98 valence electrons. The van der Waals surface area contributed by atoms with E-state index in [0.29, 0.717) is 20.1 Å². The van der Waals surface area contributed by atoms with Gasteiger partial charge in [-0.1, -0.05) is 39.1 Å². The van der Waals surface area contributed by atoms with Crippen LogP contribution in [-0.2, 0) is 6.42 Å². The van der Waals surface area contributed by atoms with E-state index in [1.165, 1.54) is 18.2 Å². The van der Waals surface area contributed by atoms with Crippen LogP contribution in [0.2, 0.25) is 10.0 Å². The third kappa shape index (κ3) is 3.78. The first-order valence-corrected chi connectivity index (χ1v) is 6.94. The molecule has 0 aromatic heterocycles. The third-order valence-electron chi connectivity index (χ3n) is 2.54. The second kappa shape index (κ2) is 6.04. The zero-order chi connectivity index (χ0) is 14.0. The van der Waals surface area contributed by atoms with E-state index in [-0.39, 0.29) is 17.8 Å². The molecule has 0 aliphatic rings. The Labute approximate surface area is 128 Å². The van der Waals surface area contributed by atoms with Gasteiger partial charge < -0.3 is 0 Å². The molecule has 19 heavy (non-hydrogen) atoms. The van der Waals surface area contributed by atoms with Gasteiger partial charge in [-0.3, -0.25) is 4.79 Å². The Morgan fingerprint density at radius 1 is 1.11 bits per heavy atom. The van der Waals surface area contributed by atoms with Crippen LogP contribution < -0.4 is 0 Å². The van der Waals surface area contributed by atoms with Gasteiger partial charge in [-0.25, -0.2) is 4.39 Å². The summed E-state index contributed by atoms with van der Waals surface area (Å²) >= 11 is 14.9. The fraction of sp³-hybridized carbons (Fsp3) is 0.0714. The maximum atomic E-state index is 13.6. The van der Waals surface area contributed by atoms with E-state index in [9.17, 15) is 9.18 Å². The van der Waals surface area contributed by atoms with Crippen LogP contribution in [0.5, 0.6) is 0 Å². The quantitative estimate of drug-likeness (QED) is 0.676. The SMILES string of the molecule is O=C(Cc1cc(Cl)ccc1F)c1cc(Cl)cc(Br)c1. The van der Waals surface area contributed by atoms with Crippen molar-refractivity contribution in [1.29, 1.82) is 0 Å². The number of benzene rings is 2. The number of carbonyl (C=O) groups excluding carboxylic acids is 1. The van der Waals surface area contributed by atoms with Crippen LogP contribution in [0.3, 0.4) is 0 Å². The Bertz CT molecular complexity index is 623. The molecular weight excluding hydrogens is 354 g/mol. The molecule has 0 amide bonds. The minimum Gasteiger partial charge on any atom is -0.294 e. The first-order chi connectivity index (χ1) is 8.95. The number of ketones is 1. The van der Waals surface area contributed by atoms with Crippen molar-refractivity contribution in [2.75, 3.05) is 0 Å². The van der Waals surface area contributed by atoms with Crippen LogP contribution in [0, 0.1) is 5.82 Å². The van der Waals surface area contributed by atoms with Crippen LogP contribution in [0.4, 0.5) is 4.39 Å². The molecule has 1 nitrogen and oxygen atoms in total. The van der Waals surface area contributed by atoms with E-state index in [1.807, 2.05) is 0 Å². The maximum absolute atomic E-state index is 13.6. The molecule has 0 bridgehead atoms. The van der Waals surface area contributed by atoms with Gasteiger partial charge in [0.2, 0.25) is 0 Å². The average Bonchev–Trinajstić information content (AvgIpc) is 2.32. The summed E-state index contributed by atoms with van der Waals surface area (Å²) in [6.07, 6.45) is -0.0564. The topological polar surface area (TPSA) is 17.1 Å². The minimum absolute atomic E-state index is 0.0564. The lowest BCUT2D eigenvalue weighted by Gasteiger charge is -2.05. The Morgan fingerprint density at radius 3 is 2.53 bits per heavy atom. The molecular formula is C14H8BrCl2FO. The Balaban J connectivity index is 2.28. The van der Waals surface area contributed by atoms with E-state index >= 15 is 0 Å². The van der Waals surface area contributed by atoms with E-state index in [1.54, 1.807) is 18.2 Å². The molecule has 0 saturated carbocycles. The lowest BCUT2D eigenvalue weighted by Crippen LogP contribution is -2.05. The van der Waals surface area contributed by atoms with Crippen molar-refractivity contribution < 1.29 is 9.18 Å². The van der Waals surface area contributed by atoms with E-state index in [0.717, 1.165) is 0 Å².